The monoisotopic (exact) mass is 306 g/mol. The van der Waals surface area contributed by atoms with Crippen molar-refractivity contribution >= 4 is 12.2 Å². The fraction of sp³-hybridized carbons (Fsp3) is 0.455. The Morgan fingerprint density at radius 2 is 1.00 bits per heavy atom. The van der Waals surface area contributed by atoms with Gasteiger partial charge in [-0.05, 0) is 25.0 Å². The van der Waals surface area contributed by atoms with Crippen molar-refractivity contribution in [1.82, 2.24) is 0 Å². The molecular formula is C22H42. The van der Waals surface area contributed by atoms with Gasteiger partial charge in [-0.2, -0.15) is 0 Å². The van der Waals surface area contributed by atoms with Crippen molar-refractivity contribution in [3.8, 4) is 0 Å². The highest BCUT2D eigenvalue weighted by atomic mass is 14.0. The lowest BCUT2D eigenvalue weighted by molar-refractivity contribution is 1.45. The molecule has 0 unspecified atom stereocenters. The van der Waals surface area contributed by atoms with Crippen LogP contribution in [0, 0.1) is 6.92 Å². The molecule has 0 aliphatic heterocycles. The van der Waals surface area contributed by atoms with Gasteiger partial charge in [0.05, 0.1) is 0 Å². The van der Waals surface area contributed by atoms with Gasteiger partial charge in [-0.3, -0.25) is 0 Å². The van der Waals surface area contributed by atoms with Gasteiger partial charge in [0.2, 0.25) is 0 Å². The lowest BCUT2D eigenvalue weighted by Crippen LogP contribution is -1.80. The fourth-order valence-corrected chi connectivity index (χ4v) is 1.06. The molecule has 0 atom stereocenters. The van der Waals surface area contributed by atoms with Crippen LogP contribution in [-0.4, -0.2) is 0 Å². The molecule has 0 amide bonds. The smallest absolute Gasteiger partial charge is 0.0187 e. The van der Waals surface area contributed by atoms with Crippen LogP contribution in [0.3, 0.4) is 0 Å². The number of benzene rings is 1. The summed E-state index contributed by atoms with van der Waals surface area (Å²) in [5, 5.41) is 0. The van der Waals surface area contributed by atoms with Gasteiger partial charge in [-0.25, -0.2) is 0 Å². The summed E-state index contributed by atoms with van der Waals surface area (Å²) in [5.41, 5.74) is 3.55. The van der Waals surface area contributed by atoms with Crippen LogP contribution >= 0.6 is 0 Å². The fourth-order valence-electron chi connectivity index (χ4n) is 1.06. The summed E-state index contributed by atoms with van der Waals surface area (Å²) in [4.78, 5) is 0. The number of hydrogen-bond donors (Lipinski definition) is 0. The molecule has 0 aromatic heterocycles. The van der Waals surface area contributed by atoms with Gasteiger partial charge in [0, 0.05) is 0 Å². The Bertz CT molecular complexity index is 319. The van der Waals surface area contributed by atoms with E-state index < -0.39 is 0 Å². The normalized spacial score (nSPS) is 6.27. The van der Waals surface area contributed by atoms with Crippen LogP contribution in [0.15, 0.2) is 44.0 Å². The van der Waals surface area contributed by atoms with E-state index in [4.69, 9.17) is 0 Å². The maximum atomic E-state index is 3.73. The standard InChI is InChI=1S/C11H12.C3H6.4C2H6/c1-4-10-7-6-9(3)8-11(10)5-2;1-3-2;4*1-2/h4-8H,1-2H2,3H3;3H,1H2,2H3;4*1-2H3. The second-order valence-electron chi connectivity index (χ2n) is 2.95. The highest BCUT2D eigenvalue weighted by Gasteiger charge is 1.93. The quantitative estimate of drug-likeness (QED) is 0.480. The summed E-state index contributed by atoms with van der Waals surface area (Å²) in [6.45, 7) is 30.8. The van der Waals surface area contributed by atoms with Crippen molar-refractivity contribution < 1.29 is 0 Å². The molecule has 0 saturated carbocycles. The first kappa shape index (κ1) is 32.4. The summed E-state index contributed by atoms with van der Waals surface area (Å²) in [5.74, 6) is 0. The zero-order chi connectivity index (χ0) is 19.0. The van der Waals surface area contributed by atoms with E-state index in [-0.39, 0.29) is 0 Å². The molecule has 0 fully saturated rings. The Labute approximate surface area is 142 Å². The highest BCUT2D eigenvalue weighted by Crippen LogP contribution is 2.13. The van der Waals surface area contributed by atoms with Gasteiger partial charge in [-0.15, -0.1) is 6.58 Å². The molecular weight excluding hydrogens is 264 g/mol. The molecule has 0 radical (unpaired) electrons. The first-order valence-electron chi connectivity index (χ1n) is 8.62. The van der Waals surface area contributed by atoms with Crippen LogP contribution in [0.25, 0.3) is 12.2 Å². The Hall–Kier alpha value is -1.56. The van der Waals surface area contributed by atoms with Crippen molar-refractivity contribution in [3.05, 3.63) is 60.7 Å². The molecule has 0 aliphatic carbocycles. The van der Waals surface area contributed by atoms with Crippen molar-refractivity contribution in [1.29, 1.82) is 0 Å². The molecule has 0 saturated heterocycles. The summed E-state index contributed by atoms with van der Waals surface area (Å²) in [7, 11) is 0. The van der Waals surface area contributed by atoms with Gasteiger partial charge >= 0.3 is 0 Å². The van der Waals surface area contributed by atoms with Gasteiger partial charge < -0.3 is 0 Å². The molecule has 130 valence electrons. The number of aryl methyl sites for hydroxylation is 1. The molecule has 1 rings (SSSR count). The number of hydrogen-bond acceptors (Lipinski definition) is 0. The third kappa shape index (κ3) is 23.5. The predicted octanol–water partition coefficient (Wildman–Crippen LogP) is 8.58. The Morgan fingerprint density at radius 3 is 1.27 bits per heavy atom. The molecule has 0 heterocycles. The van der Waals surface area contributed by atoms with Crippen LogP contribution in [0.1, 0.15) is 79.0 Å². The van der Waals surface area contributed by atoms with Crippen LogP contribution in [0.4, 0.5) is 0 Å². The third-order valence-electron chi connectivity index (χ3n) is 1.68. The van der Waals surface area contributed by atoms with Crippen molar-refractivity contribution in [2.24, 2.45) is 0 Å². The van der Waals surface area contributed by atoms with Gasteiger partial charge in [-0.1, -0.05) is 111 Å². The third-order valence-corrected chi connectivity index (χ3v) is 1.68. The van der Waals surface area contributed by atoms with Crippen LogP contribution in [0.2, 0.25) is 0 Å². The summed E-state index contributed by atoms with van der Waals surface area (Å²) < 4.78 is 0. The molecule has 0 N–H and O–H groups in total. The topological polar surface area (TPSA) is 0 Å². The van der Waals surface area contributed by atoms with Gasteiger partial charge in [0.1, 0.15) is 0 Å². The van der Waals surface area contributed by atoms with Crippen LogP contribution in [0.5, 0.6) is 0 Å². The minimum Gasteiger partial charge on any atom is -0.103 e. The Kier molecular flexibility index (Phi) is 53.9. The second kappa shape index (κ2) is 36.6. The largest absolute Gasteiger partial charge is 0.103 e. The average Bonchev–Trinajstić information content (AvgIpc) is 2.62. The molecule has 0 bridgehead atoms. The summed E-state index contributed by atoms with van der Waals surface area (Å²) in [6, 6.07) is 6.23. The van der Waals surface area contributed by atoms with Crippen molar-refractivity contribution in [2.75, 3.05) is 0 Å². The minimum absolute atomic E-state index is 1.14. The lowest BCUT2D eigenvalue weighted by atomic mass is 10.0. The predicted molar refractivity (Wildman–Crippen MR) is 113 cm³/mol. The molecule has 0 nitrogen and oxygen atoms in total. The van der Waals surface area contributed by atoms with Gasteiger partial charge in [0.25, 0.3) is 0 Å². The zero-order valence-corrected chi connectivity index (χ0v) is 17.1. The SMILES string of the molecule is C=CC.C=Cc1ccc(C)cc1C=C.CC.CC.CC.CC. The average molecular weight is 307 g/mol. The zero-order valence-electron chi connectivity index (χ0n) is 17.1. The number of rotatable bonds is 2. The van der Waals surface area contributed by atoms with E-state index in [2.05, 4.69) is 44.9 Å². The first-order chi connectivity index (χ1) is 10.7. The molecule has 0 aliphatic rings. The molecule has 1 aromatic rings. The van der Waals surface area contributed by atoms with Crippen LogP contribution in [-0.2, 0) is 0 Å². The van der Waals surface area contributed by atoms with E-state index in [1.807, 2.05) is 74.5 Å². The van der Waals surface area contributed by atoms with E-state index in [1.54, 1.807) is 6.08 Å². The lowest BCUT2D eigenvalue weighted by Gasteiger charge is -2.00. The van der Waals surface area contributed by atoms with Gasteiger partial charge in [0.15, 0.2) is 0 Å². The van der Waals surface area contributed by atoms with Crippen molar-refractivity contribution in [2.45, 2.75) is 69.2 Å². The highest BCUT2D eigenvalue weighted by molar-refractivity contribution is 5.64. The maximum absolute atomic E-state index is 3.73. The van der Waals surface area contributed by atoms with E-state index in [1.165, 1.54) is 5.56 Å². The summed E-state index contributed by atoms with van der Waals surface area (Å²) in [6.07, 6.45) is 5.44. The second-order valence-corrected chi connectivity index (χ2v) is 2.95. The minimum atomic E-state index is 1.14. The first-order valence-corrected chi connectivity index (χ1v) is 8.62. The van der Waals surface area contributed by atoms with E-state index >= 15 is 0 Å². The molecule has 0 heteroatoms. The maximum Gasteiger partial charge on any atom is -0.0187 e. The van der Waals surface area contributed by atoms with E-state index in [0.29, 0.717) is 0 Å². The van der Waals surface area contributed by atoms with Crippen LogP contribution < -0.4 is 0 Å². The molecule has 22 heavy (non-hydrogen) atoms. The number of allylic oxidation sites excluding steroid dienone is 1. The Balaban J connectivity index is -0.0000000740. The molecule has 1 aromatic carbocycles. The van der Waals surface area contributed by atoms with E-state index in [0.717, 1.165) is 11.1 Å². The Morgan fingerprint density at radius 1 is 0.682 bits per heavy atom. The van der Waals surface area contributed by atoms with Crippen molar-refractivity contribution in [3.63, 3.8) is 0 Å². The van der Waals surface area contributed by atoms with E-state index in [9.17, 15) is 0 Å². The summed E-state index contributed by atoms with van der Waals surface area (Å²) >= 11 is 0. The molecule has 0 spiro atoms.